The van der Waals surface area contributed by atoms with Gasteiger partial charge >= 0.3 is 0 Å². The van der Waals surface area contributed by atoms with E-state index in [-0.39, 0.29) is 0 Å². The number of aromatic nitrogens is 2. The van der Waals surface area contributed by atoms with Crippen molar-refractivity contribution in [2.24, 2.45) is 0 Å². The first-order chi connectivity index (χ1) is 11.4. The van der Waals surface area contributed by atoms with Gasteiger partial charge in [-0.2, -0.15) is 0 Å². The maximum atomic E-state index is 4.93. The molecule has 0 bridgehead atoms. The van der Waals surface area contributed by atoms with Crippen LogP contribution in [0.1, 0.15) is 12.5 Å². The third-order valence-corrected chi connectivity index (χ3v) is 4.73. The van der Waals surface area contributed by atoms with Gasteiger partial charge in [-0.1, -0.05) is 49.4 Å². The van der Waals surface area contributed by atoms with Gasteiger partial charge in [-0.05, 0) is 41.6 Å². The Morgan fingerprint density at radius 3 is 2.43 bits per heavy atom. The number of aryl methyl sites for hydroxylation is 1. The minimum Gasteiger partial charge on any atom is -0.292 e. The molecule has 3 aromatic carbocycles. The third-order valence-electron chi connectivity index (χ3n) is 4.73. The fraction of sp³-hybridized carbons (Fsp3) is 0.0952. The maximum Gasteiger partial charge on any atom is 0.146 e. The van der Waals surface area contributed by atoms with Crippen LogP contribution in [-0.2, 0) is 6.42 Å². The summed E-state index contributed by atoms with van der Waals surface area (Å²) in [7, 11) is 0. The van der Waals surface area contributed by atoms with E-state index in [2.05, 4.69) is 78.1 Å². The summed E-state index contributed by atoms with van der Waals surface area (Å²) in [6.07, 6.45) is 1.04. The van der Waals surface area contributed by atoms with E-state index in [4.69, 9.17) is 4.98 Å². The van der Waals surface area contributed by atoms with E-state index >= 15 is 0 Å². The van der Waals surface area contributed by atoms with Crippen LogP contribution in [0.25, 0.3) is 38.4 Å². The van der Waals surface area contributed by atoms with Gasteiger partial charge in [-0.15, -0.1) is 0 Å². The van der Waals surface area contributed by atoms with Crippen molar-refractivity contribution in [2.45, 2.75) is 13.3 Å². The molecule has 0 saturated carbocycles. The first kappa shape index (κ1) is 12.7. The van der Waals surface area contributed by atoms with E-state index in [1.54, 1.807) is 0 Å². The molecular formula is C21H16N2. The number of hydrogen-bond acceptors (Lipinski definition) is 1. The maximum absolute atomic E-state index is 4.93. The van der Waals surface area contributed by atoms with Crippen molar-refractivity contribution in [3.8, 4) is 0 Å². The van der Waals surface area contributed by atoms with E-state index in [0.717, 1.165) is 17.6 Å². The molecular weight excluding hydrogens is 280 g/mol. The summed E-state index contributed by atoms with van der Waals surface area (Å²) in [6.45, 7) is 2.20. The number of benzene rings is 3. The second-order valence-electron chi connectivity index (χ2n) is 6.01. The van der Waals surface area contributed by atoms with Crippen molar-refractivity contribution in [3.63, 3.8) is 0 Å². The molecule has 0 amide bonds. The first-order valence-corrected chi connectivity index (χ1v) is 8.07. The van der Waals surface area contributed by atoms with Crippen LogP contribution >= 0.6 is 0 Å². The van der Waals surface area contributed by atoms with Crippen molar-refractivity contribution < 1.29 is 0 Å². The minimum atomic E-state index is 1.04. The molecule has 2 heteroatoms. The minimum absolute atomic E-state index is 1.04. The Balaban J connectivity index is 2.17. The Morgan fingerprint density at radius 1 is 0.783 bits per heavy atom. The van der Waals surface area contributed by atoms with Crippen molar-refractivity contribution in [3.05, 3.63) is 72.3 Å². The van der Waals surface area contributed by atoms with Crippen LogP contribution in [0, 0.1) is 0 Å². The number of fused-ring (bicyclic) bond motifs is 8. The number of para-hydroxylation sites is 3. The van der Waals surface area contributed by atoms with Gasteiger partial charge in [-0.25, -0.2) is 4.98 Å². The van der Waals surface area contributed by atoms with E-state index in [1.165, 1.54) is 32.8 Å². The van der Waals surface area contributed by atoms with E-state index in [9.17, 15) is 0 Å². The molecule has 2 nitrogen and oxygen atoms in total. The Morgan fingerprint density at radius 2 is 1.57 bits per heavy atom. The van der Waals surface area contributed by atoms with Crippen LogP contribution in [0.5, 0.6) is 0 Å². The lowest BCUT2D eigenvalue weighted by atomic mass is 10.0. The summed E-state index contributed by atoms with van der Waals surface area (Å²) in [4.78, 5) is 4.93. The summed E-state index contributed by atoms with van der Waals surface area (Å²) in [5, 5.41) is 3.79. The highest BCUT2D eigenvalue weighted by Crippen LogP contribution is 2.32. The van der Waals surface area contributed by atoms with Crippen molar-refractivity contribution in [1.82, 2.24) is 9.38 Å². The number of nitrogens with zero attached hydrogens (tertiary/aromatic N) is 2. The van der Waals surface area contributed by atoms with Crippen molar-refractivity contribution in [2.75, 3.05) is 0 Å². The van der Waals surface area contributed by atoms with Gasteiger partial charge < -0.3 is 0 Å². The fourth-order valence-electron chi connectivity index (χ4n) is 3.58. The molecule has 0 aliphatic heterocycles. The van der Waals surface area contributed by atoms with Gasteiger partial charge in [0.25, 0.3) is 0 Å². The predicted molar refractivity (Wildman–Crippen MR) is 97.1 cm³/mol. The number of imidazole rings is 1. The quantitative estimate of drug-likeness (QED) is 0.381. The second-order valence-corrected chi connectivity index (χ2v) is 6.01. The fourth-order valence-corrected chi connectivity index (χ4v) is 3.58. The average molecular weight is 296 g/mol. The highest BCUT2D eigenvalue weighted by Gasteiger charge is 2.13. The lowest BCUT2D eigenvalue weighted by Gasteiger charge is -2.10. The summed E-state index contributed by atoms with van der Waals surface area (Å²) in [5.74, 6) is 0. The Bertz CT molecular complexity index is 1200. The lowest BCUT2D eigenvalue weighted by molar-refractivity contribution is 1.15. The van der Waals surface area contributed by atoms with Gasteiger partial charge in [0, 0.05) is 10.8 Å². The van der Waals surface area contributed by atoms with Gasteiger partial charge in [0.2, 0.25) is 0 Å². The highest BCUT2D eigenvalue weighted by molar-refractivity contribution is 6.13. The summed E-state index contributed by atoms with van der Waals surface area (Å²) in [6, 6.07) is 23.7. The Kier molecular flexibility index (Phi) is 2.51. The van der Waals surface area contributed by atoms with Gasteiger partial charge in [-0.3, -0.25) is 4.40 Å². The molecule has 0 aliphatic rings. The normalized spacial score (nSPS) is 11.9. The highest BCUT2D eigenvalue weighted by atomic mass is 15.0. The standard InChI is InChI=1S/C21H16N2/c1-2-14-11-12-15-16-7-3-5-9-19(16)23-20-10-6-4-8-18(20)22-21(23)17(15)13-14/h3-13H,2H2,1H3. The summed E-state index contributed by atoms with van der Waals surface area (Å²) in [5.41, 5.74) is 5.83. The molecule has 5 aromatic rings. The predicted octanol–water partition coefficient (Wildman–Crippen LogP) is 5.36. The monoisotopic (exact) mass is 296 g/mol. The molecule has 0 spiro atoms. The molecule has 0 N–H and O–H groups in total. The molecule has 0 radical (unpaired) electrons. The zero-order valence-electron chi connectivity index (χ0n) is 13.0. The molecule has 0 atom stereocenters. The largest absolute Gasteiger partial charge is 0.292 e. The average Bonchev–Trinajstić information content (AvgIpc) is 3.01. The molecule has 23 heavy (non-hydrogen) atoms. The summed E-state index contributed by atoms with van der Waals surface area (Å²) >= 11 is 0. The first-order valence-electron chi connectivity index (χ1n) is 8.07. The molecule has 0 saturated heterocycles. The molecule has 0 aliphatic carbocycles. The zero-order chi connectivity index (χ0) is 15.4. The second kappa shape index (κ2) is 4.56. The molecule has 2 heterocycles. The molecule has 110 valence electrons. The topological polar surface area (TPSA) is 17.3 Å². The van der Waals surface area contributed by atoms with E-state index in [0.29, 0.717) is 0 Å². The Hall–Kier alpha value is -2.87. The van der Waals surface area contributed by atoms with Crippen molar-refractivity contribution >= 4 is 38.4 Å². The van der Waals surface area contributed by atoms with Gasteiger partial charge in [0.1, 0.15) is 5.65 Å². The smallest absolute Gasteiger partial charge is 0.146 e. The van der Waals surface area contributed by atoms with E-state index in [1.807, 2.05) is 0 Å². The third kappa shape index (κ3) is 1.66. The van der Waals surface area contributed by atoms with Crippen LogP contribution in [-0.4, -0.2) is 9.38 Å². The molecule has 2 aromatic heterocycles. The molecule has 0 unspecified atom stereocenters. The SMILES string of the molecule is CCc1ccc2c3ccccc3n3c4ccccc4nc3c2c1. The van der Waals surface area contributed by atoms with Crippen LogP contribution in [0.4, 0.5) is 0 Å². The van der Waals surface area contributed by atoms with Crippen LogP contribution in [0.3, 0.4) is 0 Å². The molecule has 0 fully saturated rings. The number of hydrogen-bond donors (Lipinski definition) is 0. The van der Waals surface area contributed by atoms with Gasteiger partial charge in [0.15, 0.2) is 0 Å². The Labute approximate surface area is 134 Å². The number of rotatable bonds is 1. The summed E-state index contributed by atoms with van der Waals surface area (Å²) < 4.78 is 2.30. The zero-order valence-corrected chi connectivity index (χ0v) is 13.0. The van der Waals surface area contributed by atoms with Crippen LogP contribution in [0.2, 0.25) is 0 Å². The number of pyridine rings is 1. The van der Waals surface area contributed by atoms with Crippen LogP contribution < -0.4 is 0 Å². The lowest BCUT2D eigenvalue weighted by Crippen LogP contribution is -1.92. The van der Waals surface area contributed by atoms with E-state index < -0.39 is 0 Å². The van der Waals surface area contributed by atoms with Gasteiger partial charge in [0.05, 0.1) is 16.6 Å². The molecule has 5 rings (SSSR count). The van der Waals surface area contributed by atoms with Crippen molar-refractivity contribution in [1.29, 1.82) is 0 Å². The van der Waals surface area contributed by atoms with Crippen LogP contribution in [0.15, 0.2) is 66.7 Å².